The van der Waals surface area contributed by atoms with E-state index in [1.165, 1.54) is 4.31 Å². The van der Waals surface area contributed by atoms with Gasteiger partial charge >= 0.3 is 0 Å². The van der Waals surface area contributed by atoms with Gasteiger partial charge in [-0.25, -0.2) is 8.42 Å². The van der Waals surface area contributed by atoms with Gasteiger partial charge in [-0.2, -0.15) is 4.31 Å². The highest BCUT2D eigenvalue weighted by atomic mass is 32.2. The Morgan fingerprint density at radius 2 is 1.90 bits per heavy atom. The van der Waals surface area contributed by atoms with Crippen LogP contribution in [0.3, 0.4) is 0 Å². The first-order chi connectivity index (χ1) is 14.0. The van der Waals surface area contributed by atoms with E-state index in [2.05, 4.69) is 5.32 Å². The van der Waals surface area contributed by atoms with Gasteiger partial charge in [-0.15, -0.1) is 11.3 Å². The molecule has 1 amide bonds. The van der Waals surface area contributed by atoms with Gasteiger partial charge in [0.25, 0.3) is 10.0 Å². The van der Waals surface area contributed by atoms with Crippen molar-refractivity contribution in [3.05, 3.63) is 41.3 Å². The smallest absolute Gasteiger partial charge is 0.252 e. The lowest BCUT2D eigenvalue weighted by Crippen LogP contribution is -2.41. The highest BCUT2D eigenvalue weighted by Gasteiger charge is 2.28. The summed E-state index contributed by atoms with van der Waals surface area (Å²) in [5.41, 5.74) is 0. The van der Waals surface area contributed by atoms with Crippen molar-refractivity contribution < 1.29 is 27.4 Å². The van der Waals surface area contributed by atoms with Gasteiger partial charge in [0.15, 0.2) is 11.5 Å². The Bertz CT molecular complexity index is 969. The maximum atomic E-state index is 12.7. The van der Waals surface area contributed by atoms with E-state index in [0.29, 0.717) is 55.8 Å². The van der Waals surface area contributed by atoms with Crippen molar-refractivity contribution >= 4 is 27.3 Å². The summed E-state index contributed by atoms with van der Waals surface area (Å²) in [6.45, 7) is 2.18. The van der Waals surface area contributed by atoms with Crippen LogP contribution in [0, 0.1) is 0 Å². The first-order valence-corrected chi connectivity index (χ1v) is 11.6. The van der Waals surface area contributed by atoms with Gasteiger partial charge < -0.3 is 19.5 Å². The number of sulfonamides is 1. The highest BCUT2D eigenvalue weighted by molar-refractivity contribution is 7.91. The van der Waals surface area contributed by atoms with Crippen molar-refractivity contribution in [1.82, 2.24) is 9.62 Å². The number of morpholine rings is 1. The van der Waals surface area contributed by atoms with Crippen molar-refractivity contribution in [2.45, 2.75) is 16.7 Å². The minimum absolute atomic E-state index is 0.119. The summed E-state index contributed by atoms with van der Waals surface area (Å²) in [6, 6.07) is 10.7. The Labute approximate surface area is 173 Å². The first-order valence-electron chi connectivity index (χ1n) is 9.34. The second-order valence-corrected chi connectivity index (χ2v) is 10.0. The third kappa shape index (κ3) is 4.72. The molecule has 4 rings (SSSR count). The second-order valence-electron chi connectivity index (χ2n) is 6.72. The van der Waals surface area contributed by atoms with E-state index in [4.69, 9.17) is 14.2 Å². The van der Waals surface area contributed by atoms with E-state index in [1.54, 1.807) is 12.1 Å². The van der Waals surface area contributed by atoms with Crippen molar-refractivity contribution in [3.63, 3.8) is 0 Å². The number of hydrogen-bond acceptors (Lipinski definition) is 7. The summed E-state index contributed by atoms with van der Waals surface area (Å²) in [4.78, 5) is 13.0. The van der Waals surface area contributed by atoms with Gasteiger partial charge in [0.2, 0.25) is 5.91 Å². The van der Waals surface area contributed by atoms with Crippen LogP contribution in [0.2, 0.25) is 0 Å². The number of ether oxygens (including phenoxy) is 3. The summed E-state index contributed by atoms with van der Waals surface area (Å²) in [6.07, 6.45) is -0.151. The molecule has 0 saturated carbocycles. The van der Waals surface area contributed by atoms with E-state index in [9.17, 15) is 13.2 Å². The molecular weight excluding hydrogens is 416 g/mol. The summed E-state index contributed by atoms with van der Waals surface area (Å²) in [5, 5.41) is 2.83. The lowest BCUT2D eigenvalue weighted by molar-refractivity contribution is -0.120. The van der Waals surface area contributed by atoms with Crippen LogP contribution in [-0.4, -0.2) is 64.2 Å². The topological polar surface area (TPSA) is 94.2 Å². The van der Waals surface area contributed by atoms with Gasteiger partial charge in [0, 0.05) is 18.0 Å². The number of para-hydroxylation sites is 2. The van der Waals surface area contributed by atoms with Gasteiger partial charge in [0.05, 0.1) is 26.2 Å². The quantitative estimate of drug-likeness (QED) is 0.730. The first kappa shape index (κ1) is 20.1. The lowest BCUT2D eigenvalue weighted by atomic mass is 10.2. The molecule has 3 heterocycles. The van der Waals surface area contributed by atoms with Crippen LogP contribution >= 0.6 is 11.3 Å². The number of carbonyl (C=O) groups is 1. The Hall–Kier alpha value is -2.14. The van der Waals surface area contributed by atoms with E-state index >= 15 is 0 Å². The number of nitrogens with zero attached hydrogens (tertiary/aromatic N) is 1. The number of thiophene rings is 1. The number of fused-ring (bicyclic) bond motifs is 1. The molecule has 1 aromatic carbocycles. The number of carbonyl (C=O) groups excluding carboxylic acids is 1. The Morgan fingerprint density at radius 3 is 2.69 bits per heavy atom. The molecule has 156 valence electrons. The van der Waals surface area contributed by atoms with E-state index in [1.807, 2.05) is 24.3 Å². The molecule has 2 aliphatic rings. The van der Waals surface area contributed by atoms with Crippen molar-refractivity contribution in [2.24, 2.45) is 0 Å². The number of benzene rings is 1. The number of nitrogens with one attached hydrogen (secondary N) is 1. The van der Waals surface area contributed by atoms with Crippen molar-refractivity contribution in [1.29, 1.82) is 0 Å². The molecule has 1 atom stereocenters. The average molecular weight is 439 g/mol. The van der Waals surface area contributed by atoms with E-state index < -0.39 is 10.0 Å². The van der Waals surface area contributed by atoms with Crippen LogP contribution in [0.1, 0.15) is 4.88 Å². The molecule has 10 heteroatoms. The van der Waals surface area contributed by atoms with E-state index in [0.717, 1.165) is 11.3 Å². The SMILES string of the molecule is O=C(Cc1ccc(S(=O)(=O)N2CCOCC2)s1)NC[C@@H]1COc2ccccc2O1. The fourth-order valence-corrected chi connectivity index (χ4v) is 6.03. The molecular formula is C19H22N2O6S2. The molecule has 0 bridgehead atoms. The Morgan fingerprint density at radius 1 is 1.14 bits per heavy atom. The highest BCUT2D eigenvalue weighted by Crippen LogP contribution is 2.30. The summed E-state index contributed by atoms with van der Waals surface area (Å²) >= 11 is 1.13. The molecule has 8 nitrogen and oxygen atoms in total. The Kier molecular flexibility index (Phi) is 6.04. The standard InChI is InChI=1S/C19H22N2O6S2/c22-18(20-12-14-13-26-16-3-1-2-4-17(16)27-14)11-15-5-6-19(28-15)29(23,24)21-7-9-25-10-8-21/h1-6,14H,7-13H2,(H,20,22)/t14-/m1/s1. The predicted molar refractivity (Wildman–Crippen MR) is 107 cm³/mol. The summed E-state index contributed by atoms with van der Waals surface area (Å²) < 4.78 is 43.7. The molecule has 2 aliphatic heterocycles. The molecule has 1 fully saturated rings. The normalized spacial score (nSPS) is 19.7. The largest absolute Gasteiger partial charge is 0.486 e. The lowest BCUT2D eigenvalue weighted by Gasteiger charge is -2.26. The van der Waals surface area contributed by atoms with Crippen LogP contribution in [0.4, 0.5) is 0 Å². The molecule has 1 saturated heterocycles. The maximum Gasteiger partial charge on any atom is 0.252 e. The minimum Gasteiger partial charge on any atom is -0.486 e. The molecule has 29 heavy (non-hydrogen) atoms. The number of hydrogen-bond donors (Lipinski definition) is 1. The van der Waals surface area contributed by atoms with Crippen LogP contribution < -0.4 is 14.8 Å². The molecule has 0 radical (unpaired) electrons. The third-order valence-electron chi connectivity index (χ3n) is 4.63. The van der Waals surface area contributed by atoms with E-state index in [-0.39, 0.29) is 22.6 Å². The fraction of sp³-hybridized carbons (Fsp3) is 0.421. The van der Waals surface area contributed by atoms with Crippen LogP contribution in [-0.2, 0) is 26.0 Å². The predicted octanol–water partition coefficient (Wildman–Crippen LogP) is 1.27. The molecule has 0 spiro atoms. The molecule has 2 aromatic rings. The van der Waals surface area contributed by atoms with Crippen LogP contribution in [0.15, 0.2) is 40.6 Å². The Balaban J connectivity index is 1.29. The average Bonchev–Trinajstić information content (AvgIpc) is 3.22. The monoisotopic (exact) mass is 438 g/mol. The van der Waals surface area contributed by atoms with Gasteiger partial charge in [-0.05, 0) is 24.3 Å². The zero-order chi connectivity index (χ0) is 20.3. The minimum atomic E-state index is -3.53. The maximum absolute atomic E-state index is 12.7. The molecule has 0 aliphatic carbocycles. The van der Waals surface area contributed by atoms with Crippen molar-refractivity contribution in [3.8, 4) is 11.5 Å². The molecule has 1 aromatic heterocycles. The van der Waals surface area contributed by atoms with Crippen molar-refractivity contribution in [2.75, 3.05) is 39.5 Å². The number of amides is 1. The zero-order valence-corrected chi connectivity index (χ0v) is 17.3. The third-order valence-corrected chi connectivity index (χ3v) is 8.08. The molecule has 1 N–H and O–H groups in total. The molecule has 0 unspecified atom stereocenters. The number of rotatable bonds is 6. The summed E-state index contributed by atoms with van der Waals surface area (Å²) in [5.74, 6) is 1.17. The summed E-state index contributed by atoms with van der Waals surface area (Å²) in [7, 11) is -3.53. The van der Waals surface area contributed by atoms with Gasteiger partial charge in [0.1, 0.15) is 16.9 Å². The van der Waals surface area contributed by atoms with Gasteiger partial charge in [-0.3, -0.25) is 4.79 Å². The second kappa shape index (κ2) is 8.70. The zero-order valence-electron chi connectivity index (χ0n) is 15.7. The van der Waals surface area contributed by atoms with Crippen LogP contribution in [0.5, 0.6) is 11.5 Å². The van der Waals surface area contributed by atoms with Gasteiger partial charge in [-0.1, -0.05) is 12.1 Å². The van der Waals surface area contributed by atoms with Crippen LogP contribution in [0.25, 0.3) is 0 Å². The fourth-order valence-electron chi connectivity index (χ4n) is 3.12.